The van der Waals surface area contributed by atoms with Gasteiger partial charge in [0.05, 0.1) is 0 Å². The summed E-state index contributed by atoms with van der Waals surface area (Å²) in [7, 11) is 0. The third-order valence-electron chi connectivity index (χ3n) is 1.33. The Balaban J connectivity index is 3.04. The van der Waals surface area contributed by atoms with Crippen LogP contribution in [-0.4, -0.2) is 21.8 Å². The number of carboxylic acids is 1. The van der Waals surface area contributed by atoms with Crippen LogP contribution < -0.4 is 0 Å². The van der Waals surface area contributed by atoms with Gasteiger partial charge in [0, 0.05) is 18.0 Å². The maximum Gasteiger partial charge on any atom is 0.377 e. The molecule has 0 saturated carbocycles. The second-order valence-corrected chi connectivity index (χ2v) is 2.39. The van der Waals surface area contributed by atoms with Gasteiger partial charge in [-0.05, 0) is 18.6 Å². The minimum atomic E-state index is -1.46. The Kier molecular flexibility index (Phi) is 2.19. The SMILES string of the molecule is Cc1cncc(C(=O)C(=O)O)c1. The molecule has 1 heterocycles. The number of aryl methyl sites for hydroxylation is 1. The van der Waals surface area contributed by atoms with Crippen molar-refractivity contribution in [2.75, 3.05) is 0 Å². The van der Waals surface area contributed by atoms with E-state index in [4.69, 9.17) is 5.11 Å². The number of pyridine rings is 1. The Labute approximate surface area is 68.9 Å². The summed E-state index contributed by atoms with van der Waals surface area (Å²) in [6, 6.07) is 1.49. The second kappa shape index (κ2) is 3.13. The second-order valence-electron chi connectivity index (χ2n) is 2.39. The van der Waals surface area contributed by atoms with Crippen LogP contribution in [0, 0.1) is 6.92 Å². The van der Waals surface area contributed by atoms with Crippen LogP contribution in [0.4, 0.5) is 0 Å². The van der Waals surface area contributed by atoms with Crippen molar-refractivity contribution in [1.82, 2.24) is 4.98 Å². The van der Waals surface area contributed by atoms with Crippen LogP contribution in [-0.2, 0) is 4.79 Å². The summed E-state index contributed by atoms with van der Waals surface area (Å²) in [6.07, 6.45) is 2.79. The van der Waals surface area contributed by atoms with E-state index in [-0.39, 0.29) is 5.56 Å². The molecule has 0 fully saturated rings. The fraction of sp³-hybridized carbons (Fsp3) is 0.125. The van der Waals surface area contributed by atoms with E-state index in [1.165, 1.54) is 12.3 Å². The lowest BCUT2D eigenvalue weighted by Gasteiger charge is -1.95. The fourth-order valence-corrected chi connectivity index (χ4v) is 0.803. The van der Waals surface area contributed by atoms with Crippen molar-refractivity contribution in [3.63, 3.8) is 0 Å². The number of hydrogen-bond donors (Lipinski definition) is 1. The average Bonchev–Trinajstić information content (AvgIpc) is 2.03. The molecule has 1 N–H and O–H groups in total. The summed E-state index contributed by atoms with van der Waals surface area (Å²) in [4.78, 5) is 24.8. The Morgan fingerprint density at radius 3 is 2.58 bits per heavy atom. The van der Waals surface area contributed by atoms with Crippen molar-refractivity contribution in [2.45, 2.75) is 6.92 Å². The number of rotatable bonds is 2. The zero-order chi connectivity index (χ0) is 9.14. The number of carbonyl (C=O) groups is 2. The largest absolute Gasteiger partial charge is 0.475 e. The summed E-state index contributed by atoms with van der Waals surface area (Å²) in [5.74, 6) is -2.38. The van der Waals surface area contributed by atoms with Gasteiger partial charge in [0.1, 0.15) is 0 Å². The molecular weight excluding hydrogens is 158 g/mol. The molecule has 0 spiro atoms. The topological polar surface area (TPSA) is 67.3 Å². The highest BCUT2D eigenvalue weighted by Gasteiger charge is 2.14. The predicted octanol–water partition coefficient (Wildman–Crippen LogP) is 0.657. The molecule has 0 atom stereocenters. The number of Topliss-reactive ketones (excluding diaryl/α,β-unsaturated/α-hetero) is 1. The van der Waals surface area contributed by atoms with Gasteiger partial charge in [-0.15, -0.1) is 0 Å². The maximum absolute atomic E-state index is 10.9. The van der Waals surface area contributed by atoms with Gasteiger partial charge in [0.2, 0.25) is 0 Å². The van der Waals surface area contributed by atoms with Crippen LogP contribution in [0.5, 0.6) is 0 Å². The first kappa shape index (κ1) is 8.39. The zero-order valence-electron chi connectivity index (χ0n) is 6.44. The van der Waals surface area contributed by atoms with E-state index in [0.29, 0.717) is 0 Å². The highest BCUT2D eigenvalue weighted by atomic mass is 16.4. The normalized spacial score (nSPS) is 9.42. The third kappa shape index (κ3) is 1.66. The number of aromatic nitrogens is 1. The Morgan fingerprint density at radius 1 is 1.42 bits per heavy atom. The Morgan fingerprint density at radius 2 is 2.08 bits per heavy atom. The Hall–Kier alpha value is -1.71. The molecule has 0 aliphatic heterocycles. The van der Waals surface area contributed by atoms with Crippen molar-refractivity contribution in [3.05, 3.63) is 29.6 Å². The van der Waals surface area contributed by atoms with Crippen molar-refractivity contribution >= 4 is 11.8 Å². The number of carboxylic acid groups (broad SMARTS) is 1. The summed E-state index contributed by atoms with van der Waals surface area (Å²) < 4.78 is 0. The molecule has 1 rings (SSSR count). The minimum absolute atomic E-state index is 0.113. The molecule has 4 heteroatoms. The van der Waals surface area contributed by atoms with Crippen molar-refractivity contribution < 1.29 is 14.7 Å². The summed E-state index contributed by atoms with van der Waals surface area (Å²) in [5.41, 5.74) is 0.879. The predicted molar refractivity (Wildman–Crippen MR) is 40.9 cm³/mol. The molecule has 1 aromatic rings. The molecule has 0 unspecified atom stereocenters. The minimum Gasteiger partial charge on any atom is -0.475 e. The van der Waals surface area contributed by atoms with Crippen LogP contribution in [0.25, 0.3) is 0 Å². The standard InChI is InChI=1S/C8H7NO3/c1-5-2-6(4-9-3-5)7(10)8(11)12/h2-4H,1H3,(H,11,12). The number of aliphatic carboxylic acids is 1. The van der Waals surface area contributed by atoms with Gasteiger partial charge in [-0.1, -0.05) is 0 Å². The first-order valence-corrected chi connectivity index (χ1v) is 3.30. The summed E-state index contributed by atoms with van der Waals surface area (Å²) in [5, 5.41) is 8.35. The van der Waals surface area contributed by atoms with Gasteiger partial charge in [-0.3, -0.25) is 9.78 Å². The maximum atomic E-state index is 10.9. The van der Waals surface area contributed by atoms with E-state index in [1.54, 1.807) is 13.1 Å². The van der Waals surface area contributed by atoms with E-state index in [0.717, 1.165) is 5.56 Å². The van der Waals surface area contributed by atoms with Crippen LogP contribution in [0.15, 0.2) is 18.5 Å². The quantitative estimate of drug-likeness (QED) is 0.516. The first-order valence-electron chi connectivity index (χ1n) is 3.30. The number of hydrogen-bond acceptors (Lipinski definition) is 3. The third-order valence-corrected chi connectivity index (χ3v) is 1.33. The Bertz CT molecular complexity index is 333. The molecule has 0 saturated heterocycles. The molecule has 0 bridgehead atoms. The molecule has 12 heavy (non-hydrogen) atoms. The smallest absolute Gasteiger partial charge is 0.377 e. The van der Waals surface area contributed by atoms with Gasteiger partial charge in [-0.2, -0.15) is 0 Å². The van der Waals surface area contributed by atoms with Crippen LogP contribution in [0.3, 0.4) is 0 Å². The van der Waals surface area contributed by atoms with E-state index >= 15 is 0 Å². The summed E-state index contributed by atoms with van der Waals surface area (Å²) >= 11 is 0. The van der Waals surface area contributed by atoms with Gasteiger partial charge in [0.25, 0.3) is 5.78 Å². The number of carbonyl (C=O) groups excluding carboxylic acids is 1. The fourth-order valence-electron chi connectivity index (χ4n) is 0.803. The zero-order valence-corrected chi connectivity index (χ0v) is 6.44. The molecule has 1 aromatic heterocycles. The van der Waals surface area contributed by atoms with Crippen LogP contribution >= 0.6 is 0 Å². The monoisotopic (exact) mass is 165 g/mol. The van der Waals surface area contributed by atoms with Crippen molar-refractivity contribution in [2.24, 2.45) is 0 Å². The average molecular weight is 165 g/mol. The highest BCUT2D eigenvalue weighted by molar-refractivity contribution is 6.39. The van der Waals surface area contributed by atoms with Crippen molar-refractivity contribution in [1.29, 1.82) is 0 Å². The first-order chi connectivity index (χ1) is 5.61. The molecule has 0 aliphatic carbocycles. The lowest BCUT2D eigenvalue weighted by atomic mass is 10.1. The molecule has 0 aliphatic rings. The van der Waals surface area contributed by atoms with Gasteiger partial charge >= 0.3 is 5.97 Å². The highest BCUT2D eigenvalue weighted by Crippen LogP contribution is 2.01. The van der Waals surface area contributed by atoms with Crippen LogP contribution in [0.2, 0.25) is 0 Å². The molecule has 4 nitrogen and oxygen atoms in total. The van der Waals surface area contributed by atoms with Crippen molar-refractivity contribution in [3.8, 4) is 0 Å². The van der Waals surface area contributed by atoms with E-state index in [1.807, 2.05) is 0 Å². The lowest BCUT2D eigenvalue weighted by molar-refractivity contribution is -0.131. The molecular formula is C8H7NO3. The molecule has 62 valence electrons. The van der Waals surface area contributed by atoms with E-state index in [9.17, 15) is 9.59 Å². The van der Waals surface area contributed by atoms with Gasteiger partial charge in [0.15, 0.2) is 0 Å². The lowest BCUT2D eigenvalue weighted by Crippen LogP contribution is -2.12. The molecule has 0 aromatic carbocycles. The van der Waals surface area contributed by atoms with Gasteiger partial charge in [-0.25, -0.2) is 4.79 Å². The van der Waals surface area contributed by atoms with E-state index in [2.05, 4.69) is 4.98 Å². The summed E-state index contributed by atoms with van der Waals surface area (Å²) in [6.45, 7) is 1.74. The number of nitrogens with zero attached hydrogens (tertiary/aromatic N) is 1. The molecule has 0 radical (unpaired) electrons. The van der Waals surface area contributed by atoms with E-state index < -0.39 is 11.8 Å². The van der Waals surface area contributed by atoms with Gasteiger partial charge < -0.3 is 5.11 Å². The number of ketones is 1. The molecule has 0 amide bonds. The van der Waals surface area contributed by atoms with Crippen LogP contribution in [0.1, 0.15) is 15.9 Å².